The van der Waals surface area contributed by atoms with Crippen molar-refractivity contribution in [1.82, 2.24) is 4.31 Å². The fraction of sp³-hybridized carbons (Fsp3) is 0.462. The van der Waals surface area contributed by atoms with Gasteiger partial charge in [-0.1, -0.05) is 12.1 Å². The molecule has 1 aromatic rings. The molecular formula is C13H17NO4S. The van der Waals surface area contributed by atoms with Crippen molar-refractivity contribution < 1.29 is 17.9 Å². The number of ether oxygens (including phenoxy) is 1. The van der Waals surface area contributed by atoms with Gasteiger partial charge in [-0.15, -0.1) is 0 Å². The lowest BCUT2D eigenvalue weighted by Crippen LogP contribution is -2.44. The summed E-state index contributed by atoms with van der Waals surface area (Å²) in [6, 6.07) is 5.97. The predicted octanol–water partition coefficient (Wildman–Crippen LogP) is 1.65. The molecule has 0 aromatic heterocycles. The average Bonchev–Trinajstić information content (AvgIpc) is 2.69. The lowest BCUT2D eigenvalue weighted by molar-refractivity contribution is 0.101. The molecule has 0 aliphatic carbocycles. The molecular weight excluding hydrogens is 266 g/mol. The minimum atomic E-state index is -3.59. The van der Waals surface area contributed by atoms with Crippen molar-refractivity contribution in [3.8, 4) is 0 Å². The van der Waals surface area contributed by atoms with Crippen molar-refractivity contribution in [3.05, 3.63) is 29.8 Å². The maximum Gasteiger partial charge on any atom is 0.245 e. The van der Waals surface area contributed by atoms with Crippen LogP contribution in [0.1, 0.15) is 31.1 Å². The molecule has 0 spiro atoms. The Kier molecular flexibility index (Phi) is 3.51. The zero-order chi connectivity index (χ0) is 14.3. The lowest BCUT2D eigenvalue weighted by Gasteiger charge is -2.28. The van der Waals surface area contributed by atoms with Gasteiger partial charge in [0.05, 0.1) is 17.0 Å². The number of carbonyl (C=O) groups excluding carboxylic acids is 1. The molecule has 19 heavy (non-hydrogen) atoms. The third-order valence-electron chi connectivity index (χ3n) is 3.19. The van der Waals surface area contributed by atoms with Crippen molar-refractivity contribution in [3.63, 3.8) is 0 Å². The van der Waals surface area contributed by atoms with E-state index in [1.165, 1.54) is 35.5 Å². The summed E-state index contributed by atoms with van der Waals surface area (Å²) in [5.41, 5.74) is -0.0613. The maximum absolute atomic E-state index is 12.5. The molecule has 1 aliphatic heterocycles. The van der Waals surface area contributed by atoms with Crippen molar-refractivity contribution in [2.24, 2.45) is 0 Å². The number of Topliss-reactive ketones (excluding diaryl/α,β-unsaturated/α-hetero) is 1. The molecule has 0 bridgehead atoms. The minimum Gasteiger partial charge on any atom is -0.363 e. The standard InChI is InChI=1S/C13H17NO4S/c1-10(15)11-4-6-12(7-5-11)19(16,17)14-9-18-8-13(14,2)3/h4-7H,8-9H2,1-3H3. The molecule has 104 valence electrons. The molecule has 5 nitrogen and oxygen atoms in total. The van der Waals surface area contributed by atoms with E-state index in [9.17, 15) is 13.2 Å². The van der Waals surface area contributed by atoms with Gasteiger partial charge in [0.2, 0.25) is 10.0 Å². The van der Waals surface area contributed by atoms with E-state index in [2.05, 4.69) is 0 Å². The molecule has 1 saturated heterocycles. The minimum absolute atomic E-state index is 0.0593. The Morgan fingerprint density at radius 3 is 2.26 bits per heavy atom. The van der Waals surface area contributed by atoms with E-state index in [0.717, 1.165) is 0 Å². The highest BCUT2D eigenvalue weighted by atomic mass is 32.2. The smallest absolute Gasteiger partial charge is 0.245 e. The monoisotopic (exact) mass is 283 g/mol. The Hall–Kier alpha value is -1.24. The van der Waals surface area contributed by atoms with Gasteiger partial charge in [0.15, 0.2) is 5.78 Å². The Bertz CT molecular complexity index is 590. The summed E-state index contributed by atoms with van der Waals surface area (Å²) < 4.78 is 31.6. The number of benzene rings is 1. The number of ketones is 1. The molecule has 0 radical (unpaired) electrons. The summed E-state index contributed by atoms with van der Waals surface area (Å²) in [6.07, 6.45) is 0. The lowest BCUT2D eigenvalue weighted by atomic mass is 10.1. The van der Waals surface area contributed by atoms with Crippen LogP contribution in [0.25, 0.3) is 0 Å². The van der Waals surface area contributed by atoms with Gasteiger partial charge < -0.3 is 4.74 Å². The van der Waals surface area contributed by atoms with Crippen LogP contribution in [-0.2, 0) is 14.8 Å². The number of hydrogen-bond donors (Lipinski definition) is 0. The van der Waals surface area contributed by atoms with Gasteiger partial charge in [-0.2, -0.15) is 4.31 Å². The SMILES string of the molecule is CC(=O)c1ccc(S(=O)(=O)N2COCC2(C)C)cc1. The fourth-order valence-corrected chi connectivity index (χ4v) is 3.66. The van der Waals surface area contributed by atoms with Gasteiger partial charge in [-0.05, 0) is 32.9 Å². The normalized spacial score (nSPS) is 19.5. The number of hydrogen-bond acceptors (Lipinski definition) is 4. The quantitative estimate of drug-likeness (QED) is 0.791. The van der Waals surface area contributed by atoms with E-state index in [1.807, 2.05) is 13.8 Å². The van der Waals surface area contributed by atoms with Crippen molar-refractivity contribution >= 4 is 15.8 Å². The highest BCUT2D eigenvalue weighted by Gasteiger charge is 2.41. The Morgan fingerprint density at radius 1 is 1.26 bits per heavy atom. The highest BCUT2D eigenvalue weighted by Crippen LogP contribution is 2.29. The van der Waals surface area contributed by atoms with Gasteiger partial charge in [-0.3, -0.25) is 4.79 Å². The molecule has 2 rings (SSSR count). The molecule has 1 heterocycles. The van der Waals surface area contributed by atoms with Crippen molar-refractivity contribution in [2.45, 2.75) is 31.2 Å². The number of sulfonamides is 1. The van der Waals surface area contributed by atoms with Crippen LogP contribution in [0.3, 0.4) is 0 Å². The predicted molar refractivity (Wildman–Crippen MR) is 70.4 cm³/mol. The van der Waals surface area contributed by atoms with Crippen LogP contribution in [0, 0.1) is 0 Å². The van der Waals surface area contributed by atoms with Gasteiger partial charge in [-0.25, -0.2) is 8.42 Å². The van der Waals surface area contributed by atoms with Crippen LogP contribution in [0.4, 0.5) is 0 Å². The number of carbonyl (C=O) groups is 1. The van der Waals surface area contributed by atoms with E-state index in [0.29, 0.717) is 12.2 Å². The first-order chi connectivity index (χ1) is 8.75. The Balaban J connectivity index is 2.37. The van der Waals surface area contributed by atoms with Crippen molar-refractivity contribution in [1.29, 1.82) is 0 Å². The molecule has 1 fully saturated rings. The van der Waals surface area contributed by atoms with Crippen LogP contribution in [-0.4, -0.2) is 37.4 Å². The molecule has 0 unspecified atom stereocenters. The second kappa shape index (κ2) is 4.70. The largest absolute Gasteiger partial charge is 0.363 e. The van der Waals surface area contributed by atoms with E-state index in [1.54, 1.807) is 0 Å². The summed E-state index contributed by atoms with van der Waals surface area (Å²) in [6.45, 7) is 5.52. The topological polar surface area (TPSA) is 63.7 Å². The molecule has 0 amide bonds. The molecule has 1 aliphatic rings. The second-order valence-electron chi connectivity index (χ2n) is 5.22. The molecule has 6 heteroatoms. The highest BCUT2D eigenvalue weighted by molar-refractivity contribution is 7.89. The van der Waals surface area contributed by atoms with Crippen molar-refractivity contribution in [2.75, 3.05) is 13.3 Å². The van der Waals surface area contributed by atoms with Gasteiger partial charge in [0.25, 0.3) is 0 Å². The maximum atomic E-state index is 12.5. The zero-order valence-electron chi connectivity index (χ0n) is 11.2. The summed E-state index contributed by atoms with van der Waals surface area (Å²) in [5, 5.41) is 0. The second-order valence-corrected chi connectivity index (χ2v) is 7.09. The molecule has 0 N–H and O–H groups in total. The summed E-state index contributed by atoms with van der Waals surface area (Å²) in [7, 11) is -3.59. The van der Waals surface area contributed by atoms with E-state index in [4.69, 9.17) is 4.74 Å². The van der Waals surface area contributed by atoms with Gasteiger partial charge in [0, 0.05) is 5.56 Å². The van der Waals surface area contributed by atoms with E-state index in [-0.39, 0.29) is 17.4 Å². The Morgan fingerprint density at radius 2 is 1.84 bits per heavy atom. The third-order valence-corrected chi connectivity index (χ3v) is 5.24. The van der Waals surface area contributed by atoms with Gasteiger partial charge >= 0.3 is 0 Å². The first-order valence-electron chi connectivity index (χ1n) is 5.97. The zero-order valence-corrected chi connectivity index (χ0v) is 12.0. The van der Waals surface area contributed by atoms with Crippen LogP contribution in [0.15, 0.2) is 29.2 Å². The molecule has 1 aromatic carbocycles. The molecule has 0 saturated carbocycles. The summed E-state index contributed by atoms with van der Waals surface area (Å²) in [5.74, 6) is -0.0891. The van der Waals surface area contributed by atoms with Crippen LogP contribution in [0.2, 0.25) is 0 Å². The molecule has 0 atom stereocenters. The summed E-state index contributed by atoms with van der Waals surface area (Å²) >= 11 is 0. The van der Waals surface area contributed by atoms with Gasteiger partial charge in [0.1, 0.15) is 6.73 Å². The third kappa shape index (κ3) is 2.56. The Labute approximate surface area is 113 Å². The van der Waals surface area contributed by atoms with Crippen LogP contribution in [0.5, 0.6) is 0 Å². The fourth-order valence-electron chi connectivity index (χ4n) is 2.01. The van der Waals surface area contributed by atoms with E-state index >= 15 is 0 Å². The van der Waals surface area contributed by atoms with Crippen LogP contribution < -0.4 is 0 Å². The number of rotatable bonds is 3. The first kappa shape index (κ1) is 14.2. The van der Waals surface area contributed by atoms with Crippen LogP contribution >= 0.6 is 0 Å². The average molecular weight is 283 g/mol. The first-order valence-corrected chi connectivity index (χ1v) is 7.41. The summed E-state index contributed by atoms with van der Waals surface area (Å²) in [4.78, 5) is 11.4. The van der Waals surface area contributed by atoms with E-state index < -0.39 is 15.6 Å². The number of nitrogens with zero attached hydrogens (tertiary/aromatic N) is 1.